The van der Waals surface area contributed by atoms with Crippen LogP contribution in [0.25, 0.3) is 0 Å². The third-order valence-electron chi connectivity index (χ3n) is 3.84. The fourth-order valence-electron chi connectivity index (χ4n) is 2.62. The van der Waals surface area contributed by atoms with Crippen LogP contribution < -0.4 is 16.4 Å². The van der Waals surface area contributed by atoms with E-state index < -0.39 is 11.9 Å². The maximum Gasteiger partial charge on any atom is 0.241 e. The predicted molar refractivity (Wildman–Crippen MR) is 104 cm³/mol. The number of rotatable bonds is 7. The van der Waals surface area contributed by atoms with Crippen molar-refractivity contribution in [1.82, 2.24) is 0 Å². The highest BCUT2D eigenvalue weighted by Gasteiger charge is 2.17. The number of nitrogens with two attached hydrogens (primary N) is 1. The van der Waals surface area contributed by atoms with E-state index in [0.717, 1.165) is 19.4 Å². The smallest absolute Gasteiger partial charge is 0.241 e. The van der Waals surface area contributed by atoms with Crippen LogP contribution in [0, 0.1) is 11.7 Å². The van der Waals surface area contributed by atoms with E-state index in [2.05, 4.69) is 10.6 Å². The molecule has 1 aliphatic heterocycles. The number of amides is 1. The molecular formula is C17H28Cl2FN3O2. The van der Waals surface area contributed by atoms with Crippen molar-refractivity contribution in [2.75, 3.05) is 23.8 Å². The second-order valence-corrected chi connectivity index (χ2v) is 6.44. The zero-order valence-electron chi connectivity index (χ0n) is 14.6. The van der Waals surface area contributed by atoms with Gasteiger partial charge in [0.25, 0.3) is 0 Å². The van der Waals surface area contributed by atoms with Gasteiger partial charge in [0.1, 0.15) is 5.82 Å². The normalized spacial score (nSPS) is 17.4. The molecule has 8 heteroatoms. The molecule has 1 aliphatic rings. The van der Waals surface area contributed by atoms with Crippen LogP contribution in [-0.4, -0.2) is 31.2 Å². The SMILES string of the molecule is CC(C)C[C@H](N)C(=O)Nc1ccc(NCC2CCCO2)c(F)c1.Cl.Cl. The Kier molecular flexibility index (Phi) is 11.0. The lowest BCUT2D eigenvalue weighted by molar-refractivity contribution is -0.117. The van der Waals surface area contributed by atoms with E-state index in [0.29, 0.717) is 30.3 Å². The highest BCUT2D eigenvalue weighted by Crippen LogP contribution is 2.20. The maximum atomic E-state index is 14.1. The topological polar surface area (TPSA) is 76.4 Å². The van der Waals surface area contributed by atoms with Gasteiger partial charge in [-0.05, 0) is 43.4 Å². The molecule has 5 nitrogen and oxygen atoms in total. The highest BCUT2D eigenvalue weighted by atomic mass is 35.5. The molecule has 1 aromatic carbocycles. The molecule has 1 amide bonds. The second-order valence-electron chi connectivity index (χ2n) is 6.44. The van der Waals surface area contributed by atoms with E-state index in [1.807, 2.05) is 13.8 Å². The molecule has 1 unspecified atom stereocenters. The molecule has 0 spiro atoms. The number of hydrogen-bond donors (Lipinski definition) is 3. The summed E-state index contributed by atoms with van der Waals surface area (Å²) in [5, 5.41) is 5.70. The summed E-state index contributed by atoms with van der Waals surface area (Å²) in [7, 11) is 0. The molecule has 25 heavy (non-hydrogen) atoms. The van der Waals surface area contributed by atoms with Gasteiger partial charge in [-0.3, -0.25) is 4.79 Å². The highest BCUT2D eigenvalue weighted by molar-refractivity contribution is 5.94. The molecule has 1 heterocycles. The lowest BCUT2D eigenvalue weighted by Gasteiger charge is -2.15. The van der Waals surface area contributed by atoms with E-state index in [4.69, 9.17) is 10.5 Å². The third kappa shape index (κ3) is 7.77. The van der Waals surface area contributed by atoms with Crippen LogP contribution in [0.15, 0.2) is 18.2 Å². The molecule has 1 saturated heterocycles. The van der Waals surface area contributed by atoms with Crippen LogP contribution in [0.2, 0.25) is 0 Å². The van der Waals surface area contributed by atoms with Crippen molar-refractivity contribution in [1.29, 1.82) is 0 Å². The minimum atomic E-state index is -0.588. The summed E-state index contributed by atoms with van der Waals surface area (Å²) >= 11 is 0. The molecule has 144 valence electrons. The summed E-state index contributed by atoms with van der Waals surface area (Å²) in [6, 6.07) is 4.00. The second kappa shape index (κ2) is 11.5. The number of carbonyl (C=O) groups excluding carboxylic acids is 1. The average Bonchev–Trinajstić information content (AvgIpc) is 2.99. The van der Waals surface area contributed by atoms with Gasteiger partial charge in [-0.2, -0.15) is 0 Å². The van der Waals surface area contributed by atoms with E-state index in [-0.39, 0.29) is 36.8 Å². The molecule has 0 saturated carbocycles. The van der Waals surface area contributed by atoms with E-state index >= 15 is 0 Å². The zero-order valence-corrected chi connectivity index (χ0v) is 16.2. The Morgan fingerprint density at radius 2 is 2.12 bits per heavy atom. The van der Waals surface area contributed by atoms with Crippen LogP contribution >= 0.6 is 24.8 Å². The molecule has 0 radical (unpaired) electrons. The van der Waals surface area contributed by atoms with Crippen molar-refractivity contribution in [3.05, 3.63) is 24.0 Å². The lowest BCUT2D eigenvalue weighted by Crippen LogP contribution is -2.36. The van der Waals surface area contributed by atoms with Gasteiger partial charge in [-0.15, -0.1) is 24.8 Å². The molecule has 0 aromatic heterocycles. The van der Waals surface area contributed by atoms with Gasteiger partial charge in [0.05, 0.1) is 17.8 Å². The predicted octanol–water partition coefficient (Wildman–Crippen LogP) is 3.57. The van der Waals surface area contributed by atoms with Gasteiger partial charge in [-0.1, -0.05) is 13.8 Å². The summed E-state index contributed by atoms with van der Waals surface area (Å²) in [5.74, 6) is -0.367. The lowest BCUT2D eigenvalue weighted by atomic mass is 10.0. The van der Waals surface area contributed by atoms with Gasteiger partial charge in [0.2, 0.25) is 5.91 Å². The van der Waals surface area contributed by atoms with Gasteiger partial charge < -0.3 is 21.1 Å². The number of benzene rings is 1. The monoisotopic (exact) mass is 395 g/mol. The largest absolute Gasteiger partial charge is 0.380 e. The third-order valence-corrected chi connectivity index (χ3v) is 3.84. The standard InChI is InChI=1S/C17H26FN3O2.2ClH/c1-11(2)8-15(19)17(22)21-12-5-6-16(14(18)9-12)20-10-13-4-3-7-23-13;;/h5-6,9,11,13,15,20H,3-4,7-8,10,19H2,1-2H3,(H,21,22);2*1H/t13?,15-;;/m0../s1. The van der Waals surface area contributed by atoms with Crippen LogP contribution in [0.3, 0.4) is 0 Å². The fraction of sp³-hybridized carbons (Fsp3) is 0.588. The van der Waals surface area contributed by atoms with Gasteiger partial charge in [0, 0.05) is 18.8 Å². The first-order valence-electron chi connectivity index (χ1n) is 8.17. The van der Waals surface area contributed by atoms with E-state index in [1.54, 1.807) is 12.1 Å². The summed E-state index contributed by atoms with van der Waals surface area (Å²) in [6.07, 6.45) is 2.78. The maximum absolute atomic E-state index is 14.1. The van der Waals surface area contributed by atoms with Gasteiger partial charge in [-0.25, -0.2) is 4.39 Å². The Hall–Kier alpha value is -1.08. The van der Waals surface area contributed by atoms with Crippen LogP contribution in [0.5, 0.6) is 0 Å². The van der Waals surface area contributed by atoms with Crippen LogP contribution in [0.4, 0.5) is 15.8 Å². The van der Waals surface area contributed by atoms with Crippen molar-refractivity contribution in [3.8, 4) is 0 Å². The summed E-state index contributed by atoms with van der Waals surface area (Å²) in [6.45, 7) is 5.36. The fourth-order valence-corrected chi connectivity index (χ4v) is 2.62. The Bertz CT molecular complexity index is 541. The molecule has 1 fully saturated rings. The Morgan fingerprint density at radius 3 is 2.68 bits per heavy atom. The zero-order chi connectivity index (χ0) is 16.8. The van der Waals surface area contributed by atoms with Crippen molar-refractivity contribution >= 4 is 42.1 Å². The molecule has 2 rings (SSSR count). The quantitative estimate of drug-likeness (QED) is 0.659. The minimum absolute atomic E-state index is 0. The van der Waals surface area contributed by atoms with Crippen LogP contribution in [-0.2, 0) is 9.53 Å². The summed E-state index contributed by atoms with van der Waals surface area (Å²) < 4.78 is 19.6. The molecular weight excluding hydrogens is 368 g/mol. The van der Waals surface area contributed by atoms with Crippen molar-refractivity contribution in [2.45, 2.75) is 45.3 Å². The van der Waals surface area contributed by atoms with Crippen molar-refractivity contribution in [3.63, 3.8) is 0 Å². The van der Waals surface area contributed by atoms with Crippen LogP contribution in [0.1, 0.15) is 33.1 Å². The first kappa shape index (κ1) is 23.9. The Labute approximate surface area is 161 Å². The van der Waals surface area contributed by atoms with E-state index in [1.165, 1.54) is 6.07 Å². The summed E-state index contributed by atoms with van der Waals surface area (Å²) in [5.41, 5.74) is 6.64. The molecule has 1 aromatic rings. The summed E-state index contributed by atoms with van der Waals surface area (Å²) in [4.78, 5) is 12.0. The number of nitrogens with one attached hydrogen (secondary N) is 2. The molecule has 0 bridgehead atoms. The average molecular weight is 396 g/mol. The van der Waals surface area contributed by atoms with Gasteiger partial charge >= 0.3 is 0 Å². The van der Waals surface area contributed by atoms with Gasteiger partial charge in [0.15, 0.2) is 0 Å². The number of hydrogen-bond acceptors (Lipinski definition) is 4. The molecule has 2 atom stereocenters. The van der Waals surface area contributed by atoms with Crippen molar-refractivity contribution in [2.24, 2.45) is 11.7 Å². The van der Waals surface area contributed by atoms with E-state index in [9.17, 15) is 9.18 Å². The molecule has 4 N–H and O–H groups in total. The minimum Gasteiger partial charge on any atom is -0.380 e. The number of carbonyl (C=O) groups is 1. The number of halogens is 3. The Morgan fingerprint density at radius 1 is 1.40 bits per heavy atom. The first-order valence-corrected chi connectivity index (χ1v) is 8.17. The molecule has 0 aliphatic carbocycles. The Balaban J connectivity index is 0.00000288. The first-order chi connectivity index (χ1) is 11.0. The number of ether oxygens (including phenoxy) is 1. The van der Waals surface area contributed by atoms with Crippen molar-refractivity contribution < 1.29 is 13.9 Å². The number of anilines is 2.